The van der Waals surface area contributed by atoms with Gasteiger partial charge in [0, 0.05) is 37.9 Å². The summed E-state index contributed by atoms with van der Waals surface area (Å²) < 4.78 is 23.3. The van der Waals surface area contributed by atoms with Gasteiger partial charge in [0.15, 0.2) is 0 Å². The van der Waals surface area contributed by atoms with Crippen LogP contribution in [0.5, 0.6) is 11.5 Å². The molecule has 1 saturated carbocycles. The van der Waals surface area contributed by atoms with Gasteiger partial charge in [0.25, 0.3) is 0 Å². The monoisotopic (exact) mass is 585 g/mol. The van der Waals surface area contributed by atoms with Crippen molar-refractivity contribution < 1.29 is 28.8 Å². The third-order valence-electron chi connectivity index (χ3n) is 9.91. The second-order valence-corrected chi connectivity index (χ2v) is 12.3. The van der Waals surface area contributed by atoms with E-state index in [1.807, 2.05) is 43.3 Å². The van der Waals surface area contributed by atoms with Gasteiger partial charge >= 0.3 is 5.97 Å². The van der Waals surface area contributed by atoms with Crippen LogP contribution in [0.4, 0.5) is 5.82 Å². The molecule has 3 fully saturated rings. The van der Waals surface area contributed by atoms with Gasteiger partial charge in [-0.1, -0.05) is 24.3 Å². The Morgan fingerprint density at radius 2 is 2.00 bits per heavy atom. The summed E-state index contributed by atoms with van der Waals surface area (Å²) in [4.78, 5) is 21.9. The van der Waals surface area contributed by atoms with E-state index in [-0.39, 0.29) is 12.0 Å². The van der Waals surface area contributed by atoms with Gasteiger partial charge in [-0.3, -0.25) is 9.69 Å². The molecule has 2 saturated heterocycles. The van der Waals surface area contributed by atoms with E-state index >= 15 is 0 Å². The number of para-hydroxylation sites is 1. The van der Waals surface area contributed by atoms with Crippen LogP contribution >= 0.6 is 0 Å². The summed E-state index contributed by atoms with van der Waals surface area (Å²) in [7, 11) is 3.37. The molecule has 3 aromatic rings. The number of pyridine rings is 1. The summed E-state index contributed by atoms with van der Waals surface area (Å²) in [5, 5.41) is 10.0. The highest BCUT2D eigenvalue weighted by molar-refractivity contribution is 5.82. The summed E-state index contributed by atoms with van der Waals surface area (Å²) in [6.07, 6.45) is 1.68. The smallest absolute Gasteiger partial charge is 0.312 e. The molecular formula is C34H39N3O6. The lowest BCUT2D eigenvalue weighted by Crippen LogP contribution is -2.50. The summed E-state index contributed by atoms with van der Waals surface area (Å²) in [6, 6.07) is 16.7. The van der Waals surface area contributed by atoms with E-state index in [0.717, 1.165) is 72.4 Å². The molecule has 0 bridgehead atoms. The quantitative estimate of drug-likeness (QED) is 0.373. The minimum Gasteiger partial charge on any atom is -0.496 e. The highest BCUT2D eigenvalue weighted by atomic mass is 16.5. The standard InChI is InChI=1S/C34H39N3O6/c1-21-6-4-7-26(28-8-5-9-31(35-28)37-15-24-14-34(24,33(38)39)30(37)20-40-2)32(21)43-17-22-12-23-10-11-36(25-18-42-19-25)16-27(23)29(13-22)41-3/h4-9,12-13,24-25,30H,10-11,14-20H2,1-3H3,(H,38,39)/t24-,30+,34+/m0/s1. The molecule has 9 nitrogen and oxygen atoms in total. The molecule has 1 aliphatic carbocycles. The average Bonchev–Trinajstić information content (AvgIpc) is 3.63. The van der Waals surface area contributed by atoms with Crippen LogP contribution in [0.1, 0.15) is 28.7 Å². The molecule has 3 aliphatic heterocycles. The lowest BCUT2D eigenvalue weighted by Gasteiger charge is -2.40. The van der Waals surface area contributed by atoms with Crippen molar-refractivity contribution in [2.75, 3.05) is 52.0 Å². The summed E-state index contributed by atoms with van der Waals surface area (Å²) in [6.45, 7) is 7.01. The number of carboxylic acid groups (broad SMARTS) is 1. The zero-order chi connectivity index (χ0) is 29.7. The molecule has 1 N–H and O–H groups in total. The van der Waals surface area contributed by atoms with Crippen LogP contribution in [0.2, 0.25) is 0 Å². The van der Waals surface area contributed by atoms with Crippen molar-refractivity contribution in [2.45, 2.75) is 45.0 Å². The number of rotatable bonds is 10. The largest absolute Gasteiger partial charge is 0.496 e. The van der Waals surface area contributed by atoms with Crippen LogP contribution in [-0.4, -0.2) is 80.2 Å². The van der Waals surface area contributed by atoms with Crippen molar-refractivity contribution in [3.05, 3.63) is 70.8 Å². The first-order valence-corrected chi connectivity index (χ1v) is 15.1. The van der Waals surface area contributed by atoms with Crippen LogP contribution in [0.15, 0.2) is 48.5 Å². The zero-order valence-corrected chi connectivity index (χ0v) is 25.0. The maximum atomic E-state index is 12.2. The maximum absolute atomic E-state index is 12.2. The Balaban J connectivity index is 1.13. The van der Waals surface area contributed by atoms with E-state index in [1.54, 1.807) is 14.2 Å². The van der Waals surface area contributed by atoms with Gasteiger partial charge in [-0.2, -0.15) is 0 Å². The summed E-state index contributed by atoms with van der Waals surface area (Å²) in [5.74, 6) is 1.85. The molecule has 43 heavy (non-hydrogen) atoms. The number of aryl methyl sites for hydroxylation is 1. The first kappa shape index (κ1) is 28.1. The molecule has 0 radical (unpaired) electrons. The van der Waals surface area contributed by atoms with Crippen LogP contribution < -0.4 is 14.4 Å². The van der Waals surface area contributed by atoms with Gasteiger partial charge < -0.3 is 29.0 Å². The number of piperidine rings is 1. The fraction of sp³-hybridized carbons (Fsp3) is 0.471. The van der Waals surface area contributed by atoms with Gasteiger partial charge in [-0.15, -0.1) is 0 Å². The number of carboxylic acids is 1. The highest BCUT2D eigenvalue weighted by Crippen LogP contribution is 2.62. The number of nitrogens with zero attached hydrogens (tertiary/aromatic N) is 3. The molecular weight excluding hydrogens is 546 g/mol. The van der Waals surface area contributed by atoms with E-state index in [0.29, 0.717) is 32.2 Å². The summed E-state index contributed by atoms with van der Waals surface area (Å²) in [5.41, 5.74) is 5.64. The van der Waals surface area contributed by atoms with Crippen molar-refractivity contribution in [3.63, 3.8) is 0 Å². The number of carbonyl (C=O) groups is 1. The number of fused-ring (bicyclic) bond motifs is 2. The molecule has 4 aliphatic rings. The Morgan fingerprint density at radius 3 is 2.74 bits per heavy atom. The number of aliphatic carboxylic acids is 1. The van der Waals surface area contributed by atoms with Crippen molar-refractivity contribution in [1.29, 1.82) is 0 Å². The normalized spacial score (nSPS) is 24.7. The zero-order valence-electron chi connectivity index (χ0n) is 25.0. The number of anilines is 1. The molecule has 3 atom stereocenters. The van der Waals surface area contributed by atoms with Crippen LogP contribution in [0.25, 0.3) is 11.3 Å². The molecule has 7 rings (SSSR count). The minimum absolute atomic E-state index is 0.123. The Kier molecular flexibility index (Phi) is 7.27. The first-order chi connectivity index (χ1) is 20.9. The second kappa shape index (κ2) is 11.1. The topological polar surface area (TPSA) is 93.6 Å². The van der Waals surface area contributed by atoms with E-state index in [1.165, 1.54) is 11.1 Å². The first-order valence-electron chi connectivity index (χ1n) is 15.1. The van der Waals surface area contributed by atoms with E-state index < -0.39 is 11.4 Å². The predicted molar refractivity (Wildman–Crippen MR) is 162 cm³/mol. The van der Waals surface area contributed by atoms with Gasteiger partial charge in [-0.05, 0) is 66.6 Å². The number of hydrogen-bond donors (Lipinski definition) is 1. The molecule has 226 valence electrons. The van der Waals surface area contributed by atoms with Gasteiger partial charge in [-0.25, -0.2) is 4.98 Å². The Morgan fingerprint density at radius 1 is 1.16 bits per heavy atom. The van der Waals surface area contributed by atoms with Gasteiger partial charge in [0.05, 0.1) is 50.1 Å². The van der Waals surface area contributed by atoms with Crippen molar-refractivity contribution >= 4 is 11.8 Å². The van der Waals surface area contributed by atoms with Crippen molar-refractivity contribution in [3.8, 4) is 22.8 Å². The predicted octanol–water partition coefficient (Wildman–Crippen LogP) is 4.33. The molecule has 9 heteroatoms. The Bertz CT molecular complexity index is 1520. The molecule has 4 heterocycles. The number of methoxy groups -OCH3 is 2. The highest BCUT2D eigenvalue weighted by Gasteiger charge is 2.71. The lowest BCUT2D eigenvalue weighted by atomic mass is 9.95. The van der Waals surface area contributed by atoms with Gasteiger partial charge in [0.1, 0.15) is 23.9 Å². The van der Waals surface area contributed by atoms with E-state index in [2.05, 4.69) is 21.9 Å². The number of hydrogen-bond acceptors (Lipinski definition) is 8. The third-order valence-corrected chi connectivity index (χ3v) is 9.91. The maximum Gasteiger partial charge on any atom is 0.312 e. The fourth-order valence-corrected chi connectivity index (χ4v) is 7.34. The molecule has 1 aromatic heterocycles. The molecule has 0 spiro atoms. The van der Waals surface area contributed by atoms with Gasteiger partial charge in [0.2, 0.25) is 0 Å². The van der Waals surface area contributed by atoms with Crippen molar-refractivity contribution in [2.24, 2.45) is 11.3 Å². The number of benzene rings is 2. The Labute approximate surface area is 252 Å². The second-order valence-electron chi connectivity index (χ2n) is 12.3. The third kappa shape index (κ3) is 4.83. The molecule has 0 unspecified atom stereocenters. The average molecular weight is 586 g/mol. The lowest BCUT2D eigenvalue weighted by molar-refractivity contribution is -0.144. The van der Waals surface area contributed by atoms with E-state index in [9.17, 15) is 9.90 Å². The number of ether oxygens (including phenoxy) is 4. The van der Waals surface area contributed by atoms with E-state index in [4.69, 9.17) is 23.9 Å². The molecule has 0 amide bonds. The van der Waals surface area contributed by atoms with Crippen LogP contribution in [0, 0.1) is 18.3 Å². The minimum atomic E-state index is -0.745. The van der Waals surface area contributed by atoms with Crippen LogP contribution in [-0.2, 0) is 33.8 Å². The summed E-state index contributed by atoms with van der Waals surface area (Å²) >= 11 is 0. The Hall–Kier alpha value is -3.66. The fourth-order valence-electron chi connectivity index (χ4n) is 7.34. The number of aromatic nitrogens is 1. The van der Waals surface area contributed by atoms with Crippen LogP contribution in [0.3, 0.4) is 0 Å². The SMILES string of the molecule is COC[C@H]1N(c2cccc(-c3cccc(C)c3OCc3cc4c(c(OC)c3)CN(C3COC3)CC4)n2)C[C@@H]2C[C@@]21C(=O)O. The van der Waals surface area contributed by atoms with Crippen molar-refractivity contribution in [1.82, 2.24) is 9.88 Å². The molecule has 2 aromatic carbocycles.